The Kier molecular flexibility index (Phi) is 14.7. The van der Waals surface area contributed by atoms with Crippen LogP contribution in [0.1, 0.15) is 97.9 Å². The molecule has 1 saturated heterocycles. The number of aromatic hydroxyl groups is 1. The first-order valence-electron chi connectivity index (χ1n) is 21.7. The summed E-state index contributed by atoms with van der Waals surface area (Å²) < 4.78 is 25.0. The molecule has 2 aromatic rings. The Labute approximate surface area is 394 Å². The van der Waals surface area contributed by atoms with Crippen LogP contribution in [0.3, 0.4) is 0 Å². The number of phenolic OH excluding ortho intramolecular Hbond substituents is 1. The van der Waals surface area contributed by atoms with Crippen molar-refractivity contribution in [1.29, 1.82) is 0 Å². The van der Waals surface area contributed by atoms with Crippen LogP contribution < -0.4 is 10.1 Å². The number of allylic oxidation sites excluding steroid dienone is 4. The van der Waals surface area contributed by atoms with Crippen molar-refractivity contribution in [2.75, 3.05) is 20.2 Å². The van der Waals surface area contributed by atoms with Gasteiger partial charge in [0.15, 0.2) is 0 Å². The van der Waals surface area contributed by atoms with Crippen molar-refractivity contribution in [2.45, 2.75) is 111 Å². The second kappa shape index (κ2) is 19.5. The van der Waals surface area contributed by atoms with Crippen LogP contribution in [-0.2, 0) is 30.3 Å². The van der Waals surface area contributed by atoms with E-state index in [1.807, 2.05) is 0 Å². The number of carbonyl (C=O) groups excluding carboxylic acids is 5. The van der Waals surface area contributed by atoms with Gasteiger partial charge >= 0.3 is 17.6 Å². The molecule has 1 aromatic carbocycles. The second-order valence-corrected chi connectivity index (χ2v) is 18.7. The van der Waals surface area contributed by atoms with Gasteiger partial charge < -0.3 is 59.7 Å². The molecule has 20 nitrogen and oxygen atoms in total. The van der Waals surface area contributed by atoms with E-state index >= 15 is 4.79 Å². The summed E-state index contributed by atoms with van der Waals surface area (Å²) in [6, 6.07) is 0. The number of aliphatic hydroxyl groups is 3. The molecule has 7 rings (SSSR count). The van der Waals surface area contributed by atoms with E-state index in [1.54, 1.807) is 33.8 Å². The third kappa shape index (κ3) is 9.69. The molecule has 21 heteroatoms. The van der Waals surface area contributed by atoms with Gasteiger partial charge in [-0.05, 0) is 42.7 Å². The number of aliphatic hydroxyl groups excluding tert-OH is 2. The van der Waals surface area contributed by atoms with E-state index in [0.29, 0.717) is 0 Å². The van der Waals surface area contributed by atoms with Crippen molar-refractivity contribution in [3.05, 3.63) is 90.8 Å². The molecule has 5 bridgehead atoms. The summed E-state index contributed by atoms with van der Waals surface area (Å²) in [6.45, 7) is 11.8. The third-order valence-corrected chi connectivity index (χ3v) is 13.9. The monoisotopic (exact) mass is 997 g/mol. The number of halogens is 1. The fraction of sp³-hybridized carbons (Fsp3) is 0.522. The first kappa shape index (κ1) is 50.7. The highest BCUT2D eigenvalue weighted by molar-refractivity contribution is 9.10. The molecule has 4 aliphatic heterocycles. The van der Waals surface area contributed by atoms with Crippen LogP contribution in [0.4, 0.5) is 5.82 Å². The highest BCUT2D eigenvalue weighted by atomic mass is 79.9. The number of piperidine rings is 1. The minimum atomic E-state index is -2.17. The number of ketones is 3. The summed E-state index contributed by atoms with van der Waals surface area (Å²) in [6.07, 6.45) is 4.12. The van der Waals surface area contributed by atoms with E-state index in [2.05, 4.69) is 26.2 Å². The van der Waals surface area contributed by atoms with Crippen molar-refractivity contribution < 1.29 is 68.3 Å². The Bertz CT molecular complexity index is 2500. The Morgan fingerprint density at radius 1 is 1.01 bits per heavy atom. The van der Waals surface area contributed by atoms with E-state index in [4.69, 9.17) is 18.9 Å². The van der Waals surface area contributed by atoms with Crippen LogP contribution in [0.25, 0.3) is 0 Å². The van der Waals surface area contributed by atoms with Gasteiger partial charge in [0.05, 0.1) is 53.4 Å². The van der Waals surface area contributed by atoms with Gasteiger partial charge in [-0.25, -0.2) is 0 Å². The van der Waals surface area contributed by atoms with E-state index in [0.717, 1.165) is 6.26 Å². The summed E-state index contributed by atoms with van der Waals surface area (Å²) in [7, 11) is 1.40. The maximum atomic E-state index is 15.1. The number of benzene rings is 1. The van der Waals surface area contributed by atoms with Crippen molar-refractivity contribution in [2.24, 2.45) is 23.7 Å². The zero-order chi connectivity index (χ0) is 49.6. The summed E-state index contributed by atoms with van der Waals surface area (Å²) in [5.41, 5.74) is -3.69. The zero-order valence-corrected chi connectivity index (χ0v) is 40.2. The smallest absolute Gasteiger partial charge is 0.382 e. The minimum Gasteiger partial charge on any atom is -0.507 e. The van der Waals surface area contributed by atoms with E-state index in [-0.39, 0.29) is 65.4 Å². The zero-order valence-electron chi connectivity index (χ0n) is 38.6. The Hall–Kier alpha value is -5.74. The maximum absolute atomic E-state index is 15.1. The summed E-state index contributed by atoms with van der Waals surface area (Å²) in [4.78, 5) is 86.9. The number of Topliss-reactive ketones (excluding diaryl/α,β-unsaturated/α-hetero) is 3. The number of nitrogens with zero attached hydrogens (tertiary/aromatic N) is 4. The predicted octanol–water partition coefficient (Wildman–Crippen LogP) is 4.35. The molecule has 1 amide bonds. The van der Waals surface area contributed by atoms with Gasteiger partial charge in [0.25, 0.3) is 16.4 Å². The predicted molar refractivity (Wildman–Crippen MR) is 241 cm³/mol. The minimum absolute atomic E-state index is 0.0347. The van der Waals surface area contributed by atoms with Crippen LogP contribution in [0.2, 0.25) is 0 Å². The van der Waals surface area contributed by atoms with Crippen LogP contribution in [-0.4, -0.2) is 125 Å². The highest BCUT2D eigenvalue weighted by Crippen LogP contribution is 2.49. The number of likely N-dealkylation sites (tertiary alicyclic amines) is 1. The number of nitro groups is 1. The number of hydrogen-bond donors (Lipinski definition) is 5. The summed E-state index contributed by atoms with van der Waals surface area (Å²) in [5.74, 6) is -10.5. The van der Waals surface area contributed by atoms with Gasteiger partial charge in [0, 0.05) is 84.8 Å². The molecule has 0 radical (unpaired) electrons. The number of aromatic nitrogens is 2. The lowest BCUT2D eigenvalue weighted by Gasteiger charge is -2.41. The van der Waals surface area contributed by atoms with Crippen LogP contribution >= 0.6 is 15.9 Å². The number of carbonyl (C=O) groups is 5. The van der Waals surface area contributed by atoms with Crippen LogP contribution in [0.15, 0.2) is 58.5 Å². The molecule has 0 saturated carbocycles. The number of rotatable bonds is 6. The Morgan fingerprint density at radius 2 is 1.67 bits per heavy atom. The molecular weight excluding hydrogens is 942 g/mol. The van der Waals surface area contributed by atoms with Gasteiger partial charge in [-0.1, -0.05) is 45.9 Å². The lowest BCUT2D eigenvalue weighted by atomic mass is 9.78. The van der Waals surface area contributed by atoms with Gasteiger partial charge in [-0.3, -0.25) is 28.5 Å². The fourth-order valence-electron chi connectivity index (χ4n) is 9.18. The third-order valence-electron chi connectivity index (χ3n) is 13.3. The number of fused-ring (bicyclic) bond motifs is 14. The molecule has 5 aliphatic rings. The molecule has 5 heterocycles. The molecule has 5 N–H and O–H groups in total. The quantitative estimate of drug-likeness (QED) is 0.153. The van der Waals surface area contributed by atoms with Gasteiger partial charge in [-0.2, -0.15) is 0 Å². The molecule has 1 aliphatic carbocycles. The Morgan fingerprint density at radius 3 is 2.27 bits per heavy atom. The summed E-state index contributed by atoms with van der Waals surface area (Å²) in [5, 5.41) is 60.3. The molecule has 0 unspecified atom stereocenters. The first-order valence-corrected chi connectivity index (χ1v) is 22.5. The average molecular weight is 999 g/mol. The van der Waals surface area contributed by atoms with E-state index in [1.165, 1.54) is 68.7 Å². The van der Waals surface area contributed by atoms with Crippen molar-refractivity contribution in [3.8, 4) is 11.5 Å². The number of imidazole rings is 1. The highest BCUT2D eigenvalue weighted by Gasteiger charge is 2.53. The van der Waals surface area contributed by atoms with Gasteiger partial charge in [0.2, 0.25) is 11.6 Å². The summed E-state index contributed by atoms with van der Waals surface area (Å²) >= 11 is 3.19. The van der Waals surface area contributed by atoms with E-state index < -0.39 is 122 Å². The lowest BCUT2D eigenvalue weighted by molar-refractivity contribution is -0.389. The number of phenols is 1. The van der Waals surface area contributed by atoms with Gasteiger partial charge in [0.1, 0.15) is 35.2 Å². The van der Waals surface area contributed by atoms with Crippen molar-refractivity contribution in [3.63, 3.8) is 0 Å². The van der Waals surface area contributed by atoms with Crippen molar-refractivity contribution >= 4 is 51.0 Å². The number of amides is 1. The number of nitrogens with one attached hydrogen (secondary N) is 1. The lowest BCUT2D eigenvalue weighted by Crippen LogP contribution is -2.49. The number of methoxy groups -OCH3 is 1. The normalized spacial score (nSPS) is 29.3. The average Bonchev–Trinajstić information content (AvgIpc) is 3.77. The molecule has 9 atom stereocenters. The molecule has 1 fully saturated rings. The maximum Gasteiger partial charge on any atom is 0.382 e. The number of hydrogen-bond acceptors (Lipinski definition) is 17. The molecule has 67 heavy (non-hydrogen) atoms. The Balaban J connectivity index is 1.45. The van der Waals surface area contributed by atoms with Crippen LogP contribution in [0, 0.1) is 40.7 Å². The molecule has 1 aromatic heterocycles. The largest absolute Gasteiger partial charge is 0.507 e. The molecule has 0 spiro atoms. The fourth-order valence-corrected chi connectivity index (χ4v) is 9.59. The van der Waals surface area contributed by atoms with E-state index in [9.17, 15) is 49.7 Å². The first-order chi connectivity index (χ1) is 31.4. The van der Waals surface area contributed by atoms with Crippen molar-refractivity contribution in [1.82, 2.24) is 19.8 Å². The molecule has 362 valence electrons. The van der Waals surface area contributed by atoms with Gasteiger partial charge in [-0.15, -0.1) is 0 Å². The van der Waals surface area contributed by atoms with Crippen LogP contribution in [0.5, 0.6) is 11.5 Å². The second-order valence-electron chi connectivity index (χ2n) is 18.0. The molecular formula is C46H56BrN5O15. The topological polar surface area (TPSA) is 279 Å². The standard InChI is InChI=1S/C46H56BrN5O15/c1-21-11-10-12-22(2)43(60)49-33-34(50-16-14-46(61,15-17-50)20-51-19-29(52(62)63)48-44(51)47)39(58)30-31(38(33)57)37(56)26(6)41-32(30)42(59)45(8,67-41)65-18-13-28(64-9)23(3)40(66-27(7)53)25(5)36(55)24(4)35(21)54/h10-13,18-19,21,23-25,28,35-36,40,54-56,61H,14-17,20H2,1-9H3,(H,49,60)/t21-,23+,24+,25+,28-,35-,36+,40+,45-/m0/s1. The number of esters is 1. The SMILES string of the molecule is CO[C@H]1C=CO[C@@]2(C)Oc3c(C)c(O)c4c(c3C2=O)C(=O)C(N2CCC(O)(Cn3cc([N+](=O)[O-])nc3Br)CC2)=C(NC(=O)C(C)=CC=C[C@H](C)[C@H](O)[C@@H](C)[C@@H](O)[C@@H](C)[C@H](OC(C)=O)[C@@H]1C)C4=O. The number of ether oxygens (including phenoxy) is 4.